The van der Waals surface area contributed by atoms with E-state index in [1.807, 2.05) is 4.90 Å². The lowest BCUT2D eigenvalue weighted by Crippen LogP contribution is -2.46. The Kier molecular flexibility index (Phi) is 4.53. The highest BCUT2D eigenvalue weighted by Gasteiger charge is 2.32. The Morgan fingerprint density at radius 2 is 2.21 bits per heavy atom. The predicted molar refractivity (Wildman–Crippen MR) is 71.2 cm³/mol. The van der Waals surface area contributed by atoms with Gasteiger partial charge in [-0.05, 0) is 31.4 Å². The molecule has 0 bridgehead atoms. The Hall–Kier alpha value is -1.42. The molecule has 0 aromatic heterocycles. The lowest BCUT2D eigenvalue weighted by Gasteiger charge is -2.37. The number of carboxylic acid groups (broad SMARTS) is 1. The van der Waals surface area contributed by atoms with Gasteiger partial charge in [0.1, 0.15) is 11.9 Å². The Balaban J connectivity index is 2.10. The van der Waals surface area contributed by atoms with Crippen molar-refractivity contribution in [2.24, 2.45) is 5.92 Å². The zero-order valence-corrected chi connectivity index (χ0v) is 11.2. The standard InChI is InChI=1S/C15H20FNO2/c1-2-11-7-8-17(14(9-11)15(18)19)10-12-5-3-4-6-13(12)16/h3-6,11,14H,2,7-10H2,1H3,(H,18,19). The molecule has 2 rings (SSSR count). The van der Waals surface area contributed by atoms with Gasteiger partial charge in [-0.2, -0.15) is 0 Å². The van der Waals surface area contributed by atoms with Gasteiger partial charge in [-0.3, -0.25) is 9.69 Å². The molecule has 1 saturated heterocycles. The molecule has 104 valence electrons. The largest absolute Gasteiger partial charge is 0.480 e. The number of halogens is 1. The fourth-order valence-electron chi connectivity index (χ4n) is 2.75. The minimum atomic E-state index is -0.797. The highest BCUT2D eigenvalue weighted by Crippen LogP contribution is 2.27. The lowest BCUT2D eigenvalue weighted by molar-refractivity contribution is -0.145. The van der Waals surface area contributed by atoms with Gasteiger partial charge in [-0.25, -0.2) is 4.39 Å². The summed E-state index contributed by atoms with van der Waals surface area (Å²) >= 11 is 0. The quantitative estimate of drug-likeness (QED) is 0.910. The van der Waals surface area contributed by atoms with Crippen molar-refractivity contribution < 1.29 is 14.3 Å². The summed E-state index contributed by atoms with van der Waals surface area (Å²) in [6.07, 6.45) is 2.67. The van der Waals surface area contributed by atoms with E-state index in [1.54, 1.807) is 18.2 Å². The van der Waals surface area contributed by atoms with E-state index in [4.69, 9.17) is 0 Å². The minimum absolute atomic E-state index is 0.260. The van der Waals surface area contributed by atoms with Gasteiger partial charge >= 0.3 is 5.97 Å². The number of hydrogen-bond donors (Lipinski definition) is 1. The average Bonchev–Trinajstić information content (AvgIpc) is 2.41. The van der Waals surface area contributed by atoms with Crippen LogP contribution in [0.25, 0.3) is 0 Å². The van der Waals surface area contributed by atoms with E-state index in [2.05, 4.69) is 6.92 Å². The SMILES string of the molecule is CCC1CCN(Cc2ccccc2F)C(C(=O)O)C1. The first-order chi connectivity index (χ1) is 9.11. The fraction of sp³-hybridized carbons (Fsp3) is 0.533. The van der Waals surface area contributed by atoms with E-state index in [9.17, 15) is 14.3 Å². The second kappa shape index (κ2) is 6.15. The molecule has 1 fully saturated rings. The smallest absolute Gasteiger partial charge is 0.320 e. The van der Waals surface area contributed by atoms with E-state index in [0.717, 1.165) is 19.4 Å². The molecule has 2 atom stereocenters. The summed E-state index contributed by atoms with van der Waals surface area (Å²) in [4.78, 5) is 13.2. The van der Waals surface area contributed by atoms with Gasteiger partial charge in [-0.1, -0.05) is 31.5 Å². The first-order valence-corrected chi connectivity index (χ1v) is 6.82. The maximum absolute atomic E-state index is 13.6. The third kappa shape index (κ3) is 3.32. The number of carbonyl (C=O) groups is 1. The van der Waals surface area contributed by atoms with Gasteiger partial charge < -0.3 is 5.11 Å². The molecular weight excluding hydrogens is 245 g/mol. The highest BCUT2D eigenvalue weighted by atomic mass is 19.1. The monoisotopic (exact) mass is 265 g/mol. The van der Waals surface area contributed by atoms with Crippen molar-refractivity contribution in [1.82, 2.24) is 4.90 Å². The van der Waals surface area contributed by atoms with Gasteiger partial charge in [0.25, 0.3) is 0 Å². The number of rotatable bonds is 4. The molecule has 1 aromatic rings. The molecule has 0 amide bonds. The van der Waals surface area contributed by atoms with Gasteiger partial charge in [0.2, 0.25) is 0 Å². The number of aliphatic carboxylic acids is 1. The molecule has 1 aliphatic rings. The first-order valence-electron chi connectivity index (χ1n) is 6.82. The van der Waals surface area contributed by atoms with Gasteiger partial charge in [0.05, 0.1) is 0 Å². The Bertz CT molecular complexity index is 450. The number of hydrogen-bond acceptors (Lipinski definition) is 2. The summed E-state index contributed by atoms with van der Waals surface area (Å²) in [6, 6.07) is 6.09. The van der Waals surface area contributed by atoms with Crippen molar-refractivity contribution in [1.29, 1.82) is 0 Å². The second-order valence-electron chi connectivity index (χ2n) is 5.21. The topological polar surface area (TPSA) is 40.5 Å². The van der Waals surface area contributed by atoms with Crippen LogP contribution in [0.1, 0.15) is 31.7 Å². The predicted octanol–water partition coefficient (Wildman–Crippen LogP) is 2.90. The molecule has 4 heteroatoms. The van der Waals surface area contributed by atoms with E-state index in [-0.39, 0.29) is 5.82 Å². The third-order valence-electron chi connectivity index (χ3n) is 4.02. The molecule has 0 radical (unpaired) electrons. The Labute approximate surface area is 113 Å². The lowest BCUT2D eigenvalue weighted by atomic mass is 9.88. The summed E-state index contributed by atoms with van der Waals surface area (Å²) in [5.41, 5.74) is 0.573. The second-order valence-corrected chi connectivity index (χ2v) is 5.21. The van der Waals surface area contributed by atoms with Crippen LogP contribution in [0.3, 0.4) is 0 Å². The zero-order valence-electron chi connectivity index (χ0n) is 11.2. The van der Waals surface area contributed by atoms with Crippen LogP contribution in [0.15, 0.2) is 24.3 Å². The molecule has 1 N–H and O–H groups in total. The van der Waals surface area contributed by atoms with Crippen molar-refractivity contribution in [3.63, 3.8) is 0 Å². The van der Waals surface area contributed by atoms with Crippen molar-refractivity contribution in [2.75, 3.05) is 6.54 Å². The Morgan fingerprint density at radius 1 is 1.47 bits per heavy atom. The number of carboxylic acids is 1. The molecule has 0 saturated carbocycles. The van der Waals surface area contributed by atoms with Gasteiger partial charge in [-0.15, -0.1) is 0 Å². The summed E-state index contributed by atoms with van der Waals surface area (Å²) in [6.45, 7) is 3.19. The van der Waals surface area contributed by atoms with Crippen molar-refractivity contribution in [3.8, 4) is 0 Å². The number of benzene rings is 1. The van der Waals surface area contributed by atoms with Crippen LogP contribution in [-0.2, 0) is 11.3 Å². The molecule has 3 nitrogen and oxygen atoms in total. The van der Waals surface area contributed by atoms with E-state index in [0.29, 0.717) is 24.4 Å². The number of piperidine rings is 1. The maximum atomic E-state index is 13.6. The van der Waals surface area contributed by atoms with Crippen LogP contribution in [0.5, 0.6) is 0 Å². The van der Waals surface area contributed by atoms with Crippen LogP contribution in [0, 0.1) is 11.7 Å². The number of nitrogens with zero attached hydrogens (tertiary/aromatic N) is 1. The van der Waals surface area contributed by atoms with Gasteiger partial charge in [0, 0.05) is 12.1 Å². The molecule has 0 spiro atoms. The van der Waals surface area contributed by atoms with Crippen molar-refractivity contribution in [2.45, 2.75) is 38.8 Å². The fourth-order valence-corrected chi connectivity index (χ4v) is 2.75. The average molecular weight is 265 g/mol. The Morgan fingerprint density at radius 3 is 2.84 bits per heavy atom. The van der Waals surface area contributed by atoms with Crippen molar-refractivity contribution in [3.05, 3.63) is 35.6 Å². The van der Waals surface area contributed by atoms with E-state index in [1.165, 1.54) is 6.07 Å². The molecular formula is C15H20FNO2. The molecule has 2 unspecified atom stereocenters. The summed E-state index contributed by atoms with van der Waals surface area (Å²) < 4.78 is 13.6. The van der Waals surface area contributed by atoms with E-state index < -0.39 is 12.0 Å². The van der Waals surface area contributed by atoms with Crippen LogP contribution in [-0.4, -0.2) is 28.6 Å². The highest BCUT2D eigenvalue weighted by molar-refractivity contribution is 5.73. The molecule has 1 aliphatic heterocycles. The number of likely N-dealkylation sites (tertiary alicyclic amines) is 1. The maximum Gasteiger partial charge on any atom is 0.320 e. The molecule has 1 aromatic carbocycles. The first kappa shape index (κ1) is 14.0. The van der Waals surface area contributed by atoms with Gasteiger partial charge in [0.15, 0.2) is 0 Å². The van der Waals surface area contributed by atoms with Crippen LogP contribution in [0.2, 0.25) is 0 Å². The zero-order chi connectivity index (χ0) is 13.8. The van der Waals surface area contributed by atoms with Crippen molar-refractivity contribution >= 4 is 5.97 Å². The van der Waals surface area contributed by atoms with Crippen LogP contribution < -0.4 is 0 Å². The molecule has 1 heterocycles. The summed E-state index contributed by atoms with van der Waals surface area (Å²) in [5.74, 6) is -0.586. The summed E-state index contributed by atoms with van der Waals surface area (Å²) in [5, 5.41) is 9.33. The van der Waals surface area contributed by atoms with E-state index >= 15 is 0 Å². The summed E-state index contributed by atoms with van der Waals surface area (Å²) in [7, 11) is 0. The normalized spacial score (nSPS) is 24.3. The molecule has 0 aliphatic carbocycles. The minimum Gasteiger partial charge on any atom is -0.480 e. The van der Waals surface area contributed by atoms with Crippen LogP contribution in [0.4, 0.5) is 4.39 Å². The van der Waals surface area contributed by atoms with Crippen LogP contribution >= 0.6 is 0 Å². The third-order valence-corrected chi connectivity index (χ3v) is 4.02. The molecule has 19 heavy (non-hydrogen) atoms.